The van der Waals surface area contributed by atoms with E-state index in [0.29, 0.717) is 5.75 Å². The SMILES string of the molecule is CCC1SCC(C(=O)O)N1C(=O)Cn1cnnn1. The first kappa shape index (κ1) is 12.8. The van der Waals surface area contributed by atoms with E-state index in [-0.39, 0.29) is 17.8 Å². The Kier molecular flexibility index (Phi) is 3.80. The molecule has 1 aliphatic rings. The van der Waals surface area contributed by atoms with Crippen LogP contribution in [0.25, 0.3) is 0 Å². The number of carboxylic acid groups (broad SMARTS) is 1. The van der Waals surface area contributed by atoms with Gasteiger partial charge in [-0.25, -0.2) is 9.48 Å². The van der Waals surface area contributed by atoms with Crippen LogP contribution in [0.2, 0.25) is 0 Å². The maximum Gasteiger partial charge on any atom is 0.327 e. The summed E-state index contributed by atoms with van der Waals surface area (Å²) < 4.78 is 1.29. The summed E-state index contributed by atoms with van der Waals surface area (Å²) in [6, 6.07) is -0.760. The van der Waals surface area contributed by atoms with Crippen LogP contribution in [0.15, 0.2) is 6.33 Å². The van der Waals surface area contributed by atoms with Gasteiger partial charge in [0, 0.05) is 5.75 Å². The second-order valence-electron chi connectivity index (χ2n) is 3.86. The monoisotopic (exact) mass is 271 g/mol. The lowest BCUT2D eigenvalue weighted by Gasteiger charge is -2.26. The lowest BCUT2D eigenvalue weighted by molar-refractivity contribution is -0.149. The van der Waals surface area contributed by atoms with Gasteiger partial charge >= 0.3 is 5.97 Å². The zero-order chi connectivity index (χ0) is 13.1. The molecule has 1 aromatic rings. The lowest BCUT2D eigenvalue weighted by atomic mass is 10.2. The summed E-state index contributed by atoms with van der Waals surface area (Å²) in [6.07, 6.45) is 2.05. The molecule has 1 amide bonds. The third-order valence-corrected chi connectivity index (χ3v) is 4.16. The molecule has 1 saturated heterocycles. The van der Waals surface area contributed by atoms with Crippen LogP contribution in [0.3, 0.4) is 0 Å². The van der Waals surface area contributed by atoms with Crippen LogP contribution in [0, 0.1) is 0 Å². The Labute approximate surface area is 107 Å². The number of rotatable bonds is 4. The minimum Gasteiger partial charge on any atom is -0.480 e. The van der Waals surface area contributed by atoms with E-state index in [4.69, 9.17) is 5.11 Å². The molecular weight excluding hydrogens is 258 g/mol. The molecule has 1 aliphatic heterocycles. The first-order valence-electron chi connectivity index (χ1n) is 5.49. The van der Waals surface area contributed by atoms with Crippen molar-refractivity contribution in [3.63, 3.8) is 0 Å². The van der Waals surface area contributed by atoms with E-state index in [9.17, 15) is 9.59 Å². The number of aromatic nitrogens is 4. The van der Waals surface area contributed by atoms with Crippen LogP contribution in [0.4, 0.5) is 0 Å². The number of amides is 1. The first-order chi connectivity index (χ1) is 8.63. The number of hydrogen-bond donors (Lipinski definition) is 1. The Morgan fingerprint density at radius 1 is 1.56 bits per heavy atom. The third kappa shape index (κ3) is 2.45. The molecule has 18 heavy (non-hydrogen) atoms. The highest BCUT2D eigenvalue weighted by Crippen LogP contribution is 2.31. The first-order valence-corrected chi connectivity index (χ1v) is 6.54. The zero-order valence-electron chi connectivity index (χ0n) is 9.76. The maximum atomic E-state index is 12.1. The van der Waals surface area contributed by atoms with Crippen molar-refractivity contribution in [3.8, 4) is 0 Å². The fourth-order valence-corrected chi connectivity index (χ4v) is 3.24. The lowest BCUT2D eigenvalue weighted by Crippen LogP contribution is -2.46. The van der Waals surface area contributed by atoms with Crippen LogP contribution >= 0.6 is 11.8 Å². The highest BCUT2D eigenvalue weighted by Gasteiger charge is 2.40. The average Bonchev–Trinajstić information content (AvgIpc) is 2.95. The molecule has 2 rings (SSSR count). The van der Waals surface area contributed by atoms with Crippen molar-refractivity contribution in [2.24, 2.45) is 0 Å². The molecule has 2 heterocycles. The summed E-state index contributed by atoms with van der Waals surface area (Å²) in [4.78, 5) is 24.7. The second kappa shape index (κ2) is 5.34. The van der Waals surface area contributed by atoms with Crippen molar-refractivity contribution in [2.45, 2.75) is 31.3 Å². The van der Waals surface area contributed by atoms with Crippen LogP contribution in [0.5, 0.6) is 0 Å². The number of hydrogen-bond acceptors (Lipinski definition) is 6. The molecule has 8 nitrogen and oxygen atoms in total. The Morgan fingerprint density at radius 2 is 2.33 bits per heavy atom. The molecule has 0 bridgehead atoms. The molecule has 2 unspecified atom stereocenters. The molecule has 0 aliphatic carbocycles. The molecule has 9 heteroatoms. The standard InChI is InChI=1S/C9H13N5O3S/c1-2-8-14(6(4-18-8)9(16)17)7(15)3-13-5-10-11-12-13/h5-6,8H,2-4H2,1H3,(H,16,17). The van der Waals surface area contributed by atoms with Crippen molar-refractivity contribution in [2.75, 3.05) is 5.75 Å². The normalized spacial score (nSPS) is 23.3. The predicted octanol–water partition coefficient (Wildman–Crippen LogP) is -0.562. The fourth-order valence-electron chi connectivity index (χ4n) is 1.88. The minimum absolute atomic E-state index is 0.0339. The molecule has 0 saturated carbocycles. The van der Waals surface area contributed by atoms with Gasteiger partial charge in [-0.3, -0.25) is 4.79 Å². The Bertz CT molecular complexity index is 437. The molecule has 0 spiro atoms. The number of carboxylic acids is 1. The molecule has 0 radical (unpaired) electrons. The maximum absolute atomic E-state index is 12.1. The number of nitrogens with zero attached hydrogens (tertiary/aromatic N) is 5. The van der Waals surface area contributed by atoms with Gasteiger partial charge in [0.05, 0.1) is 5.37 Å². The molecule has 1 fully saturated rings. The van der Waals surface area contributed by atoms with Gasteiger partial charge in [-0.15, -0.1) is 16.9 Å². The van der Waals surface area contributed by atoms with Gasteiger partial charge in [-0.2, -0.15) is 0 Å². The third-order valence-electron chi connectivity index (χ3n) is 2.70. The van der Waals surface area contributed by atoms with Gasteiger partial charge in [-0.05, 0) is 16.8 Å². The summed E-state index contributed by atoms with van der Waals surface area (Å²) >= 11 is 1.49. The molecule has 98 valence electrons. The summed E-state index contributed by atoms with van der Waals surface area (Å²) in [5, 5.41) is 19.5. The number of aliphatic carboxylic acids is 1. The van der Waals surface area contributed by atoms with Crippen molar-refractivity contribution < 1.29 is 14.7 Å². The fraction of sp³-hybridized carbons (Fsp3) is 0.667. The zero-order valence-corrected chi connectivity index (χ0v) is 10.6. The van der Waals surface area contributed by atoms with E-state index in [0.717, 1.165) is 6.42 Å². The van der Waals surface area contributed by atoms with Crippen molar-refractivity contribution in [1.82, 2.24) is 25.1 Å². The largest absolute Gasteiger partial charge is 0.480 e. The Hall–Kier alpha value is -1.64. The van der Waals surface area contributed by atoms with Crippen LogP contribution in [0.1, 0.15) is 13.3 Å². The van der Waals surface area contributed by atoms with Crippen molar-refractivity contribution >= 4 is 23.6 Å². The summed E-state index contributed by atoms with van der Waals surface area (Å²) in [7, 11) is 0. The van der Waals surface area contributed by atoms with E-state index >= 15 is 0 Å². The Balaban J connectivity index is 2.11. The second-order valence-corrected chi connectivity index (χ2v) is 5.07. The van der Waals surface area contributed by atoms with E-state index in [1.807, 2.05) is 6.92 Å². The number of carbonyl (C=O) groups excluding carboxylic acids is 1. The summed E-state index contributed by atoms with van der Waals surface area (Å²) in [5.74, 6) is -0.815. The highest BCUT2D eigenvalue weighted by atomic mass is 32.2. The molecule has 1 N–H and O–H groups in total. The van der Waals surface area contributed by atoms with Gasteiger partial charge in [0.15, 0.2) is 0 Å². The average molecular weight is 271 g/mol. The van der Waals surface area contributed by atoms with Gasteiger partial charge < -0.3 is 10.0 Å². The van der Waals surface area contributed by atoms with E-state index in [1.54, 1.807) is 0 Å². The van der Waals surface area contributed by atoms with Gasteiger partial charge in [-0.1, -0.05) is 6.92 Å². The van der Waals surface area contributed by atoms with Crippen LogP contribution in [-0.4, -0.2) is 59.3 Å². The van der Waals surface area contributed by atoms with Crippen LogP contribution in [-0.2, 0) is 16.1 Å². The highest BCUT2D eigenvalue weighted by molar-refractivity contribution is 8.00. The topological polar surface area (TPSA) is 101 Å². The van der Waals surface area contributed by atoms with E-state index in [1.165, 1.54) is 27.7 Å². The molecule has 2 atom stereocenters. The molecule has 0 aromatic carbocycles. The summed E-state index contributed by atoms with van der Waals surface area (Å²) in [5.41, 5.74) is 0. The predicted molar refractivity (Wildman–Crippen MR) is 62.6 cm³/mol. The van der Waals surface area contributed by atoms with E-state index in [2.05, 4.69) is 15.5 Å². The molecule has 1 aromatic heterocycles. The van der Waals surface area contributed by atoms with Crippen molar-refractivity contribution in [3.05, 3.63) is 6.33 Å². The Morgan fingerprint density at radius 3 is 2.89 bits per heavy atom. The van der Waals surface area contributed by atoms with E-state index < -0.39 is 12.0 Å². The van der Waals surface area contributed by atoms with Gasteiger partial charge in [0.1, 0.15) is 18.9 Å². The number of carbonyl (C=O) groups is 2. The van der Waals surface area contributed by atoms with Gasteiger partial charge in [0.25, 0.3) is 0 Å². The number of thioether (sulfide) groups is 1. The number of tetrazole rings is 1. The minimum atomic E-state index is -0.969. The van der Waals surface area contributed by atoms with Gasteiger partial charge in [0.2, 0.25) is 5.91 Å². The van der Waals surface area contributed by atoms with Crippen LogP contribution < -0.4 is 0 Å². The smallest absolute Gasteiger partial charge is 0.327 e. The van der Waals surface area contributed by atoms with Crippen molar-refractivity contribution in [1.29, 1.82) is 0 Å². The molecular formula is C9H13N5O3S. The summed E-state index contributed by atoms with van der Waals surface area (Å²) in [6.45, 7) is 1.90. The quantitative estimate of drug-likeness (QED) is 0.783.